The Morgan fingerprint density at radius 1 is 1.25 bits per heavy atom. The first-order valence-corrected chi connectivity index (χ1v) is 6.11. The summed E-state index contributed by atoms with van der Waals surface area (Å²) >= 11 is 0. The summed E-state index contributed by atoms with van der Waals surface area (Å²) in [6.07, 6.45) is 0. The van der Waals surface area contributed by atoms with Gasteiger partial charge < -0.3 is 26.4 Å². The fourth-order valence-electron chi connectivity index (χ4n) is 1.66. The maximum atomic E-state index is 12.1. The van der Waals surface area contributed by atoms with Gasteiger partial charge in [0.1, 0.15) is 0 Å². The highest BCUT2D eigenvalue weighted by Gasteiger charge is 2.15. The molecule has 0 atom stereocenters. The Kier molecular flexibility index (Phi) is 5.79. The molecule has 0 saturated carbocycles. The molecule has 1 rings (SSSR count). The molecule has 110 valence electrons. The maximum Gasteiger partial charge on any atom is 0.254 e. The average Bonchev–Trinajstić information content (AvgIpc) is 2.36. The molecule has 0 bridgehead atoms. The fourth-order valence-corrected chi connectivity index (χ4v) is 1.66. The van der Waals surface area contributed by atoms with Gasteiger partial charge in [-0.1, -0.05) is 0 Å². The number of nitrogens with zero attached hydrogens (tertiary/aromatic N) is 1. The highest BCUT2D eigenvalue weighted by molar-refractivity contribution is 5.97. The van der Waals surface area contributed by atoms with E-state index in [1.54, 1.807) is 13.2 Å². The molecule has 1 aromatic rings. The van der Waals surface area contributed by atoms with Crippen molar-refractivity contribution in [2.24, 2.45) is 0 Å². The fraction of sp³-hybridized carbons (Fsp3) is 0.385. The van der Waals surface area contributed by atoms with Gasteiger partial charge in [-0.2, -0.15) is 0 Å². The van der Waals surface area contributed by atoms with E-state index in [0.717, 1.165) is 0 Å². The van der Waals surface area contributed by atoms with Crippen LogP contribution in [0.2, 0.25) is 0 Å². The van der Waals surface area contributed by atoms with Crippen molar-refractivity contribution in [2.75, 3.05) is 45.3 Å². The number of carbonyl (C=O) groups is 2. The molecule has 0 aromatic heterocycles. The van der Waals surface area contributed by atoms with Crippen molar-refractivity contribution in [3.05, 3.63) is 23.8 Å². The quantitative estimate of drug-likeness (QED) is 0.489. The van der Waals surface area contributed by atoms with E-state index in [-0.39, 0.29) is 18.4 Å². The van der Waals surface area contributed by atoms with Crippen LogP contribution in [0.4, 0.5) is 11.4 Å². The molecule has 0 fully saturated rings. The van der Waals surface area contributed by atoms with Crippen molar-refractivity contribution in [1.82, 2.24) is 10.2 Å². The van der Waals surface area contributed by atoms with Crippen molar-refractivity contribution in [3.8, 4) is 0 Å². The molecule has 0 aliphatic rings. The monoisotopic (exact) mass is 280 g/mol. The summed E-state index contributed by atoms with van der Waals surface area (Å²) in [6.45, 7) is 0.787. The van der Waals surface area contributed by atoms with Crippen molar-refractivity contribution < 1.29 is 14.3 Å². The normalized spacial score (nSPS) is 10.1. The van der Waals surface area contributed by atoms with E-state index in [1.165, 1.54) is 24.1 Å². The molecule has 7 nitrogen and oxygen atoms in total. The molecule has 7 heteroatoms. The van der Waals surface area contributed by atoms with E-state index in [2.05, 4.69) is 5.32 Å². The SMILES string of the molecule is COCCNC(=O)CN(C)C(=O)c1cc(N)cc(N)c1. The van der Waals surface area contributed by atoms with E-state index in [1.807, 2.05) is 0 Å². The number of ether oxygens (including phenoxy) is 1. The Morgan fingerprint density at radius 3 is 2.40 bits per heavy atom. The van der Waals surface area contributed by atoms with Crippen LogP contribution in [0.25, 0.3) is 0 Å². The van der Waals surface area contributed by atoms with Crippen LogP contribution in [-0.4, -0.2) is 50.6 Å². The topological polar surface area (TPSA) is 111 Å². The van der Waals surface area contributed by atoms with Crippen molar-refractivity contribution >= 4 is 23.2 Å². The minimum atomic E-state index is -0.314. The second-order valence-corrected chi connectivity index (χ2v) is 4.39. The molecule has 0 heterocycles. The molecule has 2 amide bonds. The molecule has 1 aromatic carbocycles. The second-order valence-electron chi connectivity index (χ2n) is 4.39. The number of hydrogen-bond acceptors (Lipinski definition) is 5. The molecule has 0 saturated heterocycles. The Morgan fingerprint density at radius 2 is 1.85 bits per heavy atom. The van der Waals surface area contributed by atoms with Crippen molar-refractivity contribution in [2.45, 2.75) is 0 Å². The Hall–Kier alpha value is -2.28. The number of carbonyl (C=O) groups excluding carboxylic acids is 2. The zero-order valence-electron chi connectivity index (χ0n) is 11.7. The molecule has 0 aliphatic heterocycles. The predicted octanol–water partition coefficient (Wildman–Crippen LogP) is -0.314. The Balaban J connectivity index is 2.60. The Bertz CT molecular complexity index is 470. The van der Waals surface area contributed by atoms with Gasteiger partial charge in [0.2, 0.25) is 5.91 Å². The average molecular weight is 280 g/mol. The van der Waals surface area contributed by atoms with E-state index >= 15 is 0 Å². The van der Waals surface area contributed by atoms with E-state index in [0.29, 0.717) is 30.1 Å². The molecular weight excluding hydrogens is 260 g/mol. The molecular formula is C13H20N4O3. The summed E-state index contributed by atoms with van der Waals surface area (Å²) in [5, 5.41) is 2.64. The van der Waals surface area contributed by atoms with Crippen LogP contribution in [0.3, 0.4) is 0 Å². The first kappa shape index (κ1) is 15.8. The standard InChI is InChI=1S/C13H20N4O3/c1-17(8-12(18)16-3-4-20-2)13(19)9-5-10(14)7-11(15)6-9/h5-7H,3-4,8,14-15H2,1-2H3,(H,16,18). The Labute approximate surface area is 117 Å². The van der Waals surface area contributed by atoms with Gasteiger partial charge in [0.15, 0.2) is 0 Å². The largest absolute Gasteiger partial charge is 0.399 e. The third-order valence-corrected chi connectivity index (χ3v) is 2.58. The van der Waals surface area contributed by atoms with Crippen LogP contribution < -0.4 is 16.8 Å². The summed E-state index contributed by atoms with van der Waals surface area (Å²) in [5.41, 5.74) is 12.4. The van der Waals surface area contributed by atoms with Crippen LogP contribution in [0, 0.1) is 0 Å². The second kappa shape index (κ2) is 7.34. The number of nitrogens with two attached hydrogens (primary N) is 2. The van der Waals surface area contributed by atoms with Crippen molar-refractivity contribution in [1.29, 1.82) is 0 Å². The van der Waals surface area contributed by atoms with Gasteiger partial charge in [-0.3, -0.25) is 9.59 Å². The predicted molar refractivity (Wildman–Crippen MR) is 77.1 cm³/mol. The lowest BCUT2D eigenvalue weighted by Crippen LogP contribution is -2.39. The lowest BCUT2D eigenvalue weighted by atomic mass is 10.1. The van der Waals surface area contributed by atoms with Gasteiger partial charge in [0.05, 0.1) is 13.2 Å². The third-order valence-electron chi connectivity index (χ3n) is 2.58. The number of likely N-dealkylation sites (N-methyl/N-ethyl adjacent to an activating group) is 1. The molecule has 20 heavy (non-hydrogen) atoms. The number of nitrogens with one attached hydrogen (secondary N) is 1. The number of benzene rings is 1. The number of methoxy groups -OCH3 is 1. The molecule has 0 unspecified atom stereocenters. The number of anilines is 2. The summed E-state index contributed by atoms with van der Waals surface area (Å²) in [4.78, 5) is 25.0. The summed E-state index contributed by atoms with van der Waals surface area (Å²) < 4.78 is 4.82. The molecule has 5 N–H and O–H groups in total. The van der Waals surface area contributed by atoms with Gasteiger partial charge in [0.25, 0.3) is 5.91 Å². The lowest BCUT2D eigenvalue weighted by molar-refractivity contribution is -0.121. The van der Waals surface area contributed by atoms with Crippen LogP contribution in [0.1, 0.15) is 10.4 Å². The van der Waals surface area contributed by atoms with Gasteiger partial charge in [-0.15, -0.1) is 0 Å². The van der Waals surface area contributed by atoms with Crippen LogP contribution in [0.5, 0.6) is 0 Å². The van der Waals surface area contributed by atoms with Gasteiger partial charge in [-0.25, -0.2) is 0 Å². The molecule has 0 aliphatic carbocycles. The zero-order chi connectivity index (χ0) is 15.1. The molecule has 0 spiro atoms. The molecule has 0 radical (unpaired) electrons. The third kappa shape index (κ3) is 4.77. The van der Waals surface area contributed by atoms with E-state index in [4.69, 9.17) is 16.2 Å². The first-order chi connectivity index (χ1) is 9.43. The zero-order valence-corrected chi connectivity index (χ0v) is 11.7. The number of amides is 2. The highest BCUT2D eigenvalue weighted by Crippen LogP contribution is 2.14. The number of rotatable bonds is 6. The first-order valence-electron chi connectivity index (χ1n) is 6.11. The smallest absolute Gasteiger partial charge is 0.254 e. The summed E-state index contributed by atoms with van der Waals surface area (Å²) in [7, 11) is 3.09. The van der Waals surface area contributed by atoms with Gasteiger partial charge in [-0.05, 0) is 18.2 Å². The van der Waals surface area contributed by atoms with Crippen LogP contribution in [0.15, 0.2) is 18.2 Å². The van der Waals surface area contributed by atoms with Crippen LogP contribution in [-0.2, 0) is 9.53 Å². The van der Waals surface area contributed by atoms with Crippen LogP contribution >= 0.6 is 0 Å². The summed E-state index contributed by atoms with van der Waals surface area (Å²) in [6, 6.07) is 4.62. The minimum absolute atomic E-state index is 0.0444. The van der Waals surface area contributed by atoms with E-state index < -0.39 is 0 Å². The van der Waals surface area contributed by atoms with E-state index in [9.17, 15) is 9.59 Å². The minimum Gasteiger partial charge on any atom is -0.399 e. The summed E-state index contributed by atoms with van der Waals surface area (Å²) in [5.74, 6) is -0.569. The van der Waals surface area contributed by atoms with Gasteiger partial charge >= 0.3 is 0 Å². The van der Waals surface area contributed by atoms with Gasteiger partial charge in [0, 0.05) is 37.6 Å². The number of nitrogen functional groups attached to an aromatic ring is 2. The highest BCUT2D eigenvalue weighted by atomic mass is 16.5. The lowest BCUT2D eigenvalue weighted by Gasteiger charge is -2.17. The van der Waals surface area contributed by atoms with Crippen molar-refractivity contribution in [3.63, 3.8) is 0 Å². The maximum absolute atomic E-state index is 12.1. The number of hydrogen-bond donors (Lipinski definition) is 3.